The monoisotopic (exact) mass is 483 g/mol. The van der Waals surface area contributed by atoms with Crippen LogP contribution in [0.2, 0.25) is 0 Å². The number of ketones is 2. The number of carbonyl (C=O) groups excluding carboxylic acids is 4. The van der Waals surface area contributed by atoms with Crippen LogP contribution in [0.4, 0.5) is 0 Å². The Kier molecular flexibility index (Phi) is 13.5. The number of amides is 2. The third kappa shape index (κ3) is 9.77. The lowest BCUT2D eigenvalue weighted by Gasteiger charge is -2.28. The Morgan fingerprint density at radius 3 is 2.06 bits per heavy atom. The Bertz CT molecular complexity index is 679. The molecule has 10 nitrogen and oxygen atoms in total. The minimum atomic E-state index is -1.15. The maximum atomic E-state index is 12.9. The quantitative estimate of drug-likeness (QED) is 0.183. The summed E-state index contributed by atoms with van der Waals surface area (Å²) in [5, 5.41) is 15.4. The van der Waals surface area contributed by atoms with Crippen molar-refractivity contribution in [2.75, 3.05) is 13.1 Å². The summed E-state index contributed by atoms with van der Waals surface area (Å²) in [6.07, 6.45) is 4.31. The van der Waals surface area contributed by atoms with Gasteiger partial charge in [0.2, 0.25) is 11.8 Å². The predicted molar refractivity (Wildman–Crippen MR) is 130 cm³/mol. The van der Waals surface area contributed by atoms with Gasteiger partial charge in [-0.25, -0.2) is 0 Å². The molecule has 1 saturated carbocycles. The summed E-state index contributed by atoms with van der Waals surface area (Å²) in [5.41, 5.74) is 17.5. The van der Waals surface area contributed by atoms with Gasteiger partial charge in [0.25, 0.3) is 0 Å². The molecule has 0 saturated heterocycles. The van der Waals surface area contributed by atoms with Crippen LogP contribution in [0.25, 0.3) is 0 Å². The first-order valence-corrected chi connectivity index (χ1v) is 12.5. The van der Waals surface area contributed by atoms with Crippen molar-refractivity contribution in [3.63, 3.8) is 0 Å². The standard InChI is InChI=1S/C24H45N5O5/c1-14(2)23(33)19(9-10-25)29-24(34)17(15(3)30)11-21(31)20(13-26)28-22(32)12-18(27)16-7-5-4-6-8-16/h14-20,30H,4-13,25-27H2,1-3H3,(H,28,32)(H,29,34)/t15?,17-,18?,19-,20-/m0/s1. The molecule has 5 atom stereocenters. The molecule has 1 rings (SSSR count). The number of Topliss-reactive ketones (excluding diaryl/α,β-unsaturated/α-hetero) is 2. The number of carbonyl (C=O) groups is 4. The number of rotatable bonds is 15. The van der Waals surface area contributed by atoms with E-state index in [1.165, 1.54) is 13.3 Å². The number of hydrogen-bond donors (Lipinski definition) is 6. The summed E-state index contributed by atoms with van der Waals surface area (Å²) in [7, 11) is 0. The largest absolute Gasteiger partial charge is 0.393 e. The molecule has 1 aliphatic carbocycles. The van der Waals surface area contributed by atoms with E-state index in [1.54, 1.807) is 13.8 Å². The molecule has 2 amide bonds. The molecular formula is C24H45N5O5. The summed E-state index contributed by atoms with van der Waals surface area (Å²) in [4.78, 5) is 50.6. The van der Waals surface area contributed by atoms with Gasteiger partial charge in [-0.15, -0.1) is 0 Å². The van der Waals surface area contributed by atoms with Crippen molar-refractivity contribution < 1.29 is 24.3 Å². The van der Waals surface area contributed by atoms with Crippen molar-refractivity contribution in [1.82, 2.24) is 10.6 Å². The molecule has 1 aliphatic rings. The molecule has 0 spiro atoms. The van der Waals surface area contributed by atoms with Gasteiger partial charge in [-0.1, -0.05) is 33.1 Å². The fourth-order valence-electron chi connectivity index (χ4n) is 4.44. The van der Waals surface area contributed by atoms with E-state index in [1.807, 2.05) is 0 Å². The van der Waals surface area contributed by atoms with Gasteiger partial charge < -0.3 is 32.9 Å². The maximum Gasteiger partial charge on any atom is 0.226 e. The summed E-state index contributed by atoms with van der Waals surface area (Å²) in [6.45, 7) is 4.91. The minimum absolute atomic E-state index is 0.104. The smallest absolute Gasteiger partial charge is 0.226 e. The first-order valence-electron chi connectivity index (χ1n) is 12.5. The van der Waals surface area contributed by atoms with Gasteiger partial charge in [-0.05, 0) is 38.6 Å². The normalized spacial score (nSPS) is 19.1. The van der Waals surface area contributed by atoms with Crippen LogP contribution < -0.4 is 27.8 Å². The molecular weight excluding hydrogens is 438 g/mol. The zero-order valence-electron chi connectivity index (χ0n) is 20.9. The zero-order valence-corrected chi connectivity index (χ0v) is 20.9. The SMILES string of the molecule is CC(C)C(=O)[C@H](CCN)NC(=O)[C@@H](CC(=O)[C@H](CN)NC(=O)CC(N)C1CCCCC1)C(C)O. The van der Waals surface area contributed by atoms with E-state index >= 15 is 0 Å². The van der Waals surface area contributed by atoms with Crippen LogP contribution in [0.1, 0.15) is 72.1 Å². The third-order valence-corrected chi connectivity index (χ3v) is 6.66. The molecule has 0 aromatic rings. The second-order valence-corrected chi connectivity index (χ2v) is 9.83. The minimum Gasteiger partial charge on any atom is -0.393 e. The molecule has 0 bridgehead atoms. The molecule has 1 fully saturated rings. The van der Waals surface area contributed by atoms with Gasteiger partial charge in [0, 0.05) is 31.3 Å². The highest BCUT2D eigenvalue weighted by Crippen LogP contribution is 2.26. The lowest BCUT2D eigenvalue weighted by Crippen LogP contribution is -2.51. The summed E-state index contributed by atoms with van der Waals surface area (Å²) >= 11 is 0. The summed E-state index contributed by atoms with van der Waals surface area (Å²) in [6, 6.07) is -2.06. The van der Waals surface area contributed by atoms with Crippen molar-refractivity contribution in [3.8, 4) is 0 Å². The molecule has 0 aliphatic heterocycles. The molecule has 0 heterocycles. The molecule has 0 aromatic carbocycles. The van der Waals surface area contributed by atoms with E-state index in [2.05, 4.69) is 10.6 Å². The second-order valence-electron chi connectivity index (χ2n) is 9.83. The maximum absolute atomic E-state index is 12.9. The Morgan fingerprint density at radius 2 is 1.56 bits per heavy atom. The topological polar surface area (TPSA) is 191 Å². The molecule has 10 heteroatoms. The van der Waals surface area contributed by atoms with Crippen molar-refractivity contribution in [1.29, 1.82) is 0 Å². The molecule has 196 valence electrons. The average molecular weight is 484 g/mol. The molecule has 2 unspecified atom stereocenters. The first kappa shape index (κ1) is 30.2. The zero-order chi connectivity index (χ0) is 25.8. The van der Waals surface area contributed by atoms with Gasteiger partial charge in [0.1, 0.15) is 0 Å². The van der Waals surface area contributed by atoms with Crippen molar-refractivity contribution in [2.45, 2.75) is 96.4 Å². The second kappa shape index (κ2) is 15.2. The van der Waals surface area contributed by atoms with Gasteiger partial charge in [0.05, 0.1) is 24.1 Å². The molecule has 0 aromatic heterocycles. The highest BCUT2D eigenvalue weighted by atomic mass is 16.3. The van der Waals surface area contributed by atoms with Crippen LogP contribution in [0.15, 0.2) is 0 Å². The highest BCUT2D eigenvalue weighted by Gasteiger charge is 2.33. The van der Waals surface area contributed by atoms with E-state index < -0.39 is 35.8 Å². The fraction of sp³-hybridized carbons (Fsp3) is 0.833. The Labute approximate surface area is 203 Å². The van der Waals surface area contributed by atoms with Crippen LogP contribution >= 0.6 is 0 Å². The van der Waals surface area contributed by atoms with Crippen LogP contribution in [-0.2, 0) is 19.2 Å². The Balaban J connectivity index is 2.74. The van der Waals surface area contributed by atoms with E-state index in [0.29, 0.717) is 5.92 Å². The number of aliphatic hydroxyl groups excluding tert-OH is 1. The number of nitrogens with two attached hydrogens (primary N) is 3. The molecule has 0 radical (unpaired) electrons. The van der Waals surface area contributed by atoms with Crippen molar-refractivity contribution in [2.24, 2.45) is 35.0 Å². The van der Waals surface area contributed by atoms with E-state index in [9.17, 15) is 24.3 Å². The van der Waals surface area contributed by atoms with Crippen LogP contribution in [-0.4, -0.2) is 65.8 Å². The first-order chi connectivity index (χ1) is 16.0. The van der Waals surface area contributed by atoms with E-state index in [0.717, 1.165) is 25.7 Å². The van der Waals surface area contributed by atoms with Crippen LogP contribution in [0.3, 0.4) is 0 Å². The van der Waals surface area contributed by atoms with Crippen LogP contribution in [0, 0.1) is 17.8 Å². The number of aliphatic hydroxyl groups is 1. The van der Waals surface area contributed by atoms with Crippen molar-refractivity contribution in [3.05, 3.63) is 0 Å². The average Bonchev–Trinajstić information content (AvgIpc) is 2.80. The molecule has 34 heavy (non-hydrogen) atoms. The number of hydrogen-bond acceptors (Lipinski definition) is 8. The number of nitrogens with one attached hydrogen (secondary N) is 2. The lowest BCUT2D eigenvalue weighted by molar-refractivity contribution is -0.137. The van der Waals surface area contributed by atoms with E-state index in [-0.39, 0.29) is 56.0 Å². The lowest BCUT2D eigenvalue weighted by atomic mass is 9.83. The van der Waals surface area contributed by atoms with Gasteiger partial charge in [-0.3, -0.25) is 19.2 Å². The summed E-state index contributed by atoms with van der Waals surface area (Å²) < 4.78 is 0. The van der Waals surface area contributed by atoms with Gasteiger partial charge >= 0.3 is 0 Å². The fourth-order valence-corrected chi connectivity index (χ4v) is 4.44. The predicted octanol–water partition coefficient (Wildman–Crippen LogP) is -0.257. The van der Waals surface area contributed by atoms with Crippen molar-refractivity contribution >= 4 is 23.4 Å². The Hall–Kier alpha value is -1.88. The van der Waals surface area contributed by atoms with Gasteiger partial charge in [0.15, 0.2) is 11.6 Å². The third-order valence-electron chi connectivity index (χ3n) is 6.66. The van der Waals surface area contributed by atoms with Gasteiger partial charge in [-0.2, -0.15) is 0 Å². The Morgan fingerprint density at radius 1 is 0.941 bits per heavy atom. The van der Waals surface area contributed by atoms with E-state index in [4.69, 9.17) is 17.2 Å². The summed E-state index contributed by atoms with van der Waals surface area (Å²) in [5.74, 6) is -2.71. The molecule has 9 N–H and O–H groups in total. The highest BCUT2D eigenvalue weighted by molar-refractivity contribution is 5.95. The van der Waals surface area contributed by atoms with Crippen LogP contribution in [0.5, 0.6) is 0 Å².